The molecule has 1 saturated carbocycles. The van der Waals surface area contributed by atoms with E-state index in [1.807, 2.05) is 0 Å². The topological polar surface area (TPSA) is 9.23 Å². The molecule has 0 amide bonds. The molecule has 0 N–H and O–H groups in total. The Morgan fingerprint density at radius 2 is 1.88 bits per heavy atom. The predicted octanol–water partition coefficient (Wildman–Crippen LogP) is -0.0394. The summed E-state index contributed by atoms with van der Waals surface area (Å²) in [6.45, 7) is 0. The first-order valence-electron chi connectivity index (χ1n) is 5.18. The Bertz CT molecular complexity index is 286. The Morgan fingerprint density at radius 1 is 1.19 bits per heavy atom. The third-order valence-corrected chi connectivity index (χ3v) is 2.59. The maximum absolute atomic E-state index is 12.6. The molecule has 1 aliphatic carbocycles. The van der Waals surface area contributed by atoms with Crippen LogP contribution in [0.5, 0.6) is 5.75 Å². The van der Waals surface area contributed by atoms with Crippen molar-refractivity contribution in [1.82, 2.24) is 0 Å². The van der Waals surface area contributed by atoms with Gasteiger partial charge in [-0.1, -0.05) is 6.42 Å². The van der Waals surface area contributed by atoms with Crippen LogP contribution >= 0.6 is 0 Å². The van der Waals surface area contributed by atoms with Gasteiger partial charge in [0.25, 0.3) is 0 Å². The van der Waals surface area contributed by atoms with Crippen LogP contribution in [0.2, 0.25) is 0 Å². The fourth-order valence-corrected chi connectivity index (χ4v) is 1.83. The Kier molecular flexibility index (Phi) is 8.41. The first kappa shape index (κ1) is 16.2. The molecule has 0 bridgehead atoms. The quantitative estimate of drug-likeness (QED) is 0.550. The van der Waals surface area contributed by atoms with Crippen LogP contribution in [-0.2, 0) is 0 Å². The van der Waals surface area contributed by atoms with E-state index >= 15 is 0 Å². The molecular formula is C12H14BrFMgO. The normalized spacial score (nSPS) is 15.8. The van der Waals surface area contributed by atoms with Crippen LogP contribution in [0, 0.1) is 11.9 Å². The van der Waals surface area contributed by atoms with Crippen LogP contribution in [-0.4, -0.2) is 29.2 Å². The zero-order valence-electron chi connectivity index (χ0n) is 9.22. The standard InChI is InChI=1S/C12H14FO.BrH.Mg/c13-10-6-8-12(9-7-10)14-11-4-2-1-3-5-11;;/h6-8,11H,1-5H2;1H;/q-1;;+2/p-1. The summed E-state index contributed by atoms with van der Waals surface area (Å²) in [4.78, 5) is 0. The van der Waals surface area contributed by atoms with Crippen LogP contribution in [0.25, 0.3) is 0 Å². The van der Waals surface area contributed by atoms with Crippen molar-refractivity contribution < 1.29 is 26.1 Å². The first-order chi connectivity index (χ1) is 6.84. The van der Waals surface area contributed by atoms with Gasteiger partial charge < -0.3 is 21.7 Å². The molecule has 0 saturated heterocycles. The van der Waals surface area contributed by atoms with E-state index in [1.165, 1.54) is 31.4 Å². The van der Waals surface area contributed by atoms with Crippen LogP contribution in [0.4, 0.5) is 4.39 Å². The molecule has 0 heterocycles. The van der Waals surface area contributed by atoms with Gasteiger partial charge in [0.2, 0.25) is 0 Å². The van der Waals surface area contributed by atoms with E-state index in [2.05, 4.69) is 6.07 Å². The summed E-state index contributed by atoms with van der Waals surface area (Å²) in [6.07, 6.45) is 6.34. The fourth-order valence-electron chi connectivity index (χ4n) is 1.83. The summed E-state index contributed by atoms with van der Waals surface area (Å²) >= 11 is 0. The minimum absolute atomic E-state index is 0. The molecule has 0 radical (unpaired) electrons. The second-order valence-electron chi connectivity index (χ2n) is 3.75. The summed E-state index contributed by atoms with van der Waals surface area (Å²) in [5, 5.41) is 0. The Labute approximate surface area is 123 Å². The summed E-state index contributed by atoms with van der Waals surface area (Å²) < 4.78 is 18.3. The molecule has 2 rings (SSSR count). The Hall–Kier alpha value is 0.196. The molecule has 1 nitrogen and oxygen atoms in total. The SMILES string of the molecule is Fc1c[c-]c(OC2CCCCC2)cc1.[Br-].[Mg+2]. The number of halogens is 2. The van der Waals surface area contributed by atoms with Gasteiger partial charge in [-0.25, -0.2) is 0 Å². The van der Waals surface area contributed by atoms with E-state index in [0.717, 1.165) is 12.8 Å². The molecule has 4 heteroatoms. The average molecular weight is 297 g/mol. The summed E-state index contributed by atoms with van der Waals surface area (Å²) in [5.74, 6) is 0.402. The molecule has 0 spiro atoms. The fraction of sp³-hybridized carbons (Fsp3) is 0.500. The van der Waals surface area contributed by atoms with Crippen molar-refractivity contribution in [2.45, 2.75) is 38.2 Å². The van der Waals surface area contributed by atoms with Gasteiger partial charge in [-0.05, 0) is 25.7 Å². The van der Waals surface area contributed by atoms with Crippen molar-refractivity contribution in [1.29, 1.82) is 0 Å². The van der Waals surface area contributed by atoms with Crippen molar-refractivity contribution >= 4 is 23.1 Å². The van der Waals surface area contributed by atoms with Gasteiger partial charge in [0, 0.05) is 11.6 Å². The molecule has 1 aromatic rings. The molecule has 0 aliphatic heterocycles. The maximum atomic E-state index is 12.6. The Morgan fingerprint density at radius 3 is 2.44 bits per heavy atom. The first-order valence-corrected chi connectivity index (χ1v) is 5.18. The van der Waals surface area contributed by atoms with Crippen molar-refractivity contribution in [2.75, 3.05) is 0 Å². The molecule has 0 unspecified atom stereocenters. The minimum atomic E-state index is -0.263. The smallest absolute Gasteiger partial charge is 1.00 e. The van der Waals surface area contributed by atoms with Gasteiger partial charge in [0.1, 0.15) is 0 Å². The van der Waals surface area contributed by atoms with Gasteiger partial charge in [0.05, 0.1) is 6.10 Å². The third-order valence-electron chi connectivity index (χ3n) is 2.59. The van der Waals surface area contributed by atoms with E-state index in [-0.39, 0.29) is 45.9 Å². The third kappa shape index (κ3) is 5.02. The predicted molar refractivity (Wildman–Crippen MR) is 58.5 cm³/mol. The van der Waals surface area contributed by atoms with Crippen molar-refractivity contribution in [3.63, 3.8) is 0 Å². The van der Waals surface area contributed by atoms with Crippen LogP contribution < -0.4 is 21.7 Å². The molecule has 0 aromatic heterocycles. The van der Waals surface area contributed by atoms with E-state index in [0.29, 0.717) is 11.9 Å². The molecule has 84 valence electrons. The molecule has 1 aliphatic rings. The second-order valence-corrected chi connectivity index (χ2v) is 3.75. The molecular weight excluding hydrogens is 283 g/mol. The van der Waals surface area contributed by atoms with Crippen LogP contribution in [0.1, 0.15) is 32.1 Å². The summed E-state index contributed by atoms with van der Waals surface area (Å²) in [5.41, 5.74) is 0. The number of hydrogen-bond donors (Lipinski definition) is 0. The monoisotopic (exact) mass is 296 g/mol. The van der Waals surface area contributed by atoms with Gasteiger partial charge in [-0.2, -0.15) is 0 Å². The van der Waals surface area contributed by atoms with Crippen molar-refractivity contribution in [2.24, 2.45) is 0 Å². The number of hydrogen-bond acceptors (Lipinski definition) is 1. The minimum Gasteiger partial charge on any atom is -1.00 e. The average Bonchev–Trinajstić information content (AvgIpc) is 2.23. The molecule has 1 fully saturated rings. The number of rotatable bonds is 2. The van der Waals surface area contributed by atoms with E-state index in [4.69, 9.17) is 4.74 Å². The number of benzene rings is 1. The van der Waals surface area contributed by atoms with Crippen LogP contribution in [0.15, 0.2) is 18.2 Å². The zero-order valence-corrected chi connectivity index (χ0v) is 12.2. The molecule has 0 atom stereocenters. The van der Waals surface area contributed by atoms with E-state index in [1.54, 1.807) is 6.07 Å². The maximum Gasteiger partial charge on any atom is 2.00 e. The van der Waals surface area contributed by atoms with E-state index in [9.17, 15) is 4.39 Å². The number of ether oxygens (including phenoxy) is 1. The summed E-state index contributed by atoms with van der Waals surface area (Å²) in [7, 11) is 0. The Balaban J connectivity index is 0.00000112. The van der Waals surface area contributed by atoms with Gasteiger partial charge in [-0.15, -0.1) is 24.3 Å². The largest absolute Gasteiger partial charge is 2.00 e. The zero-order chi connectivity index (χ0) is 9.80. The van der Waals surface area contributed by atoms with E-state index < -0.39 is 0 Å². The molecule has 1 aromatic carbocycles. The van der Waals surface area contributed by atoms with Gasteiger partial charge >= 0.3 is 23.1 Å². The summed E-state index contributed by atoms with van der Waals surface area (Å²) in [6, 6.07) is 7.16. The van der Waals surface area contributed by atoms with Crippen molar-refractivity contribution in [3.8, 4) is 5.75 Å². The second kappa shape index (κ2) is 8.31. The van der Waals surface area contributed by atoms with Gasteiger partial charge in [-0.3, -0.25) is 4.39 Å². The van der Waals surface area contributed by atoms with Gasteiger partial charge in [0.15, 0.2) is 0 Å². The van der Waals surface area contributed by atoms with Crippen molar-refractivity contribution in [3.05, 3.63) is 30.1 Å². The van der Waals surface area contributed by atoms with Crippen LogP contribution in [0.3, 0.4) is 0 Å². The molecule has 16 heavy (non-hydrogen) atoms.